The normalized spacial score (nSPS) is 14.5. The van der Waals surface area contributed by atoms with Crippen molar-refractivity contribution in [1.29, 1.82) is 0 Å². The topological polar surface area (TPSA) is 0 Å². The summed E-state index contributed by atoms with van der Waals surface area (Å²) < 4.78 is 0. The predicted octanol–water partition coefficient (Wildman–Crippen LogP) is 5.28. The van der Waals surface area contributed by atoms with Crippen molar-refractivity contribution in [2.24, 2.45) is 5.92 Å². The summed E-state index contributed by atoms with van der Waals surface area (Å²) >= 11 is 0. The first kappa shape index (κ1) is 14.2. The minimum Gasteiger partial charge on any atom is -0.0999 e. The number of rotatable bonds is 7. The lowest BCUT2D eigenvalue weighted by Crippen LogP contribution is -1.98. The van der Waals surface area contributed by atoms with E-state index in [0.717, 1.165) is 0 Å². The van der Waals surface area contributed by atoms with Crippen LogP contribution in [-0.2, 0) is 0 Å². The Bertz CT molecular complexity index is 230. The fraction of sp³-hybridized carbons (Fsp3) is 0.600. The van der Waals surface area contributed by atoms with Crippen LogP contribution in [0.4, 0.5) is 0 Å². The zero-order chi connectivity index (χ0) is 11.7. The molecule has 0 aliphatic heterocycles. The van der Waals surface area contributed by atoms with Crippen molar-refractivity contribution in [3.05, 3.63) is 36.0 Å². The van der Waals surface area contributed by atoms with Crippen LogP contribution in [0.1, 0.15) is 53.4 Å². The Morgan fingerprint density at radius 2 is 1.93 bits per heavy atom. The Balaban J connectivity index is 4.02. The lowest BCUT2D eigenvalue weighted by Gasteiger charge is -2.13. The van der Waals surface area contributed by atoms with Gasteiger partial charge in [0.2, 0.25) is 0 Å². The summed E-state index contributed by atoms with van der Waals surface area (Å²) in [6, 6.07) is 0. The highest BCUT2D eigenvalue weighted by Gasteiger charge is 2.05. The molecule has 0 amide bonds. The van der Waals surface area contributed by atoms with Crippen molar-refractivity contribution < 1.29 is 0 Å². The minimum atomic E-state index is 0.653. The molecule has 0 nitrogen and oxygen atoms in total. The molecular formula is C15H26. The molecule has 0 saturated carbocycles. The van der Waals surface area contributed by atoms with E-state index in [2.05, 4.69) is 52.5 Å². The van der Waals surface area contributed by atoms with Crippen LogP contribution in [0, 0.1) is 5.92 Å². The average molecular weight is 206 g/mol. The Morgan fingerprint density at radius 1 is 1.27 bits per heavy atom. The van der Waals surface area contributed by atoms with Crippen molar-refractivity contribution >= 4 is 0 Å². The van der Waals surface area contributed by atoms with Gasteiger partial charge in [-0.2, -0.15) is 0 Å². The molecule has 15 heavy (non-hydrogen) atoms. The fourth-order valence-electron chi connectivity index (χ4n) is 1.80. The summed E-state index contributed by atoms with van der Waals surface area (Å²) in [5.74, 6) is 0.653. The smallest absolute Gasteiger partial charge is 0.0191 e. The van der Waals surface area contributed by atoms with Gasteiger partial charge in [0.1, 0.15) is 0 Å². The van der Waals surface area contributed by atoms with E-state index in [1.54, 1.807) is 0 Å². The minimum absolute atomic E-state index is 0.653. The number of allylic oxidation sites excluding steroid dienone is 5. The third-order valence-corrected chi connectivity index (χ3v) is 2.80. The van der Waals surface area contributed by atoms with Crippen LogP contribution >= 0.6 is 0 Å². The molecule has 1 unspecified atom stereocenters. The molecule has 0 heteroatoms. The van der Waals surface area contributed by atoms with Gasteiger partial charge >= 0.3 is 0 Å². The van der Waals surface area contributed by atoms with Crippen LogP contribution in [0.25, 0.3) is 0 Å². The first-order valence-electron chi connectivity index (χ1n) is 6.11. The molecule has 0 aromatic rings. The second kappa shape index (κ2) is 8.52. The summed E-state index contributed by atoms with van der Waals surface area (Å²) in [6.45, 7) is 12.8. The number of hydrogen-bond donors (Lipinski definition) is 0. The molecule has 0 aliphatic rings. The molecule has 0 aromatic heterocycles. The molecule has 0 heterocycles. The SMILES string of the molecule is C=C(CCC)CCC(C)C(C=CC)=CC. The monoisotopic (exact) mass is 206 g/mol. The second-order valence-corrected chi connectivity index (χ2v) is 4.23. The van der Waals surface area contributed by atoms with E-state index in [1.165, 1.54) is 36.8 Å². The van der Waals surface area contributed by atoms with Gasteiger partial charge in [-0.25, -0.2) is 0 Å². The molecule has 86 valence electrons. The molecule has 1 atom stereocenters. The highest BCUT2D eigenvalue weighted by Crippen LogP contribution is 2.21. The van der Waals surface area contributed by atoms with Crippen LogP contribution in [0.15, 0.2) is 36.0 Å². The van der Waals surface area contributed by atoms with E-state index in [1.807, 2.05) is 0 Å². The third-order valence-electron chi connectivity index (χ3n) is 2.80. The quantitative estimate of drug-likeness (QED) is 0.392. The maximum atomic E-state index is 4.11. The van der Waals surface area contributed by atoms with E-state index in [4.69, 9.17) is 0 Å². The molecule has 0 rings (SSSR count). The molecule has 0 spiro atoms. The molecule has 0 aliphatic carbocycles. The van der Waals surface area contributed by atoms with E-state index < -0.39 is 0 Å². The van der Waals surface area contributed by atoms with Crippen molar-refractivity contribution in [2.45, 2.75) is 53.4 Å². The van der Waals surface area contributed by atoms with E-state index in [9.17, 15) is 0 Å². The number of hydrogen-bond acceptors (Lipinski definition) is 0. The molecule has 0 N–H and O–H groups in total. The van der Waals surface area contributed by atoms with Gasteiger partial charge < -0.3 is 0 Å². The van der Waals surface area contributed by atoms with Crippen LogP contribution in [0.5, 0.6) is 0 Å². The largest absolute Gasteiger partial charge is 0.0999 e. The zero-order valence-electron chi connectivity index (χ0n) is 10.8. The molecule has 0 radical (unpaired) electrons. The summed E-state index contributed by atoms with van der Waals surface area (Å²) in [6.07, 6.45) is 11.3. The second-order valence-electron chi connectivity index (χ2n) is 4.23. The third kappa shape index (κ3) is 6.33. The lowest BCUT2D eigenvalue weighted by atomic mass is 9.92. The molecule has 0 bridgehead atoms. The van der Waals surface area contributed by atoms with Crippen molar-refractivity contribution in [1.82, 2.24) is 0 Å². The maximum Gasteiger partial charge on any atom is -0.0191 e. The average Bonchev–Trinajstić information content (AvgIpc) is 2.23. The Morgan fingerprint density at radius 3 is 2.40 bits per heavy atom. The molecule has 0 fully saturated rings. The first-order valence-corrected chi connectivity index (χ1v) is 6.11. The van der Waals surface area contributed by atoms with Gasteiger partial charge in [0.15, 0.2) is 0 Å². The van der Waals surface area contributed by atoms with Crippen LogP contribution < -0.4 is 0 Å². The summed E-state index contributed by atoms with van der Waals surface area (Å²) in [4.78, 5) is 0. The summed E-state index contributed by atoms with van der Waals surface area (Å²) in [7, 11) is 0. The van der Waals surface area contributed by atoms with Crippen LogP contribution in [-0.4, -0.2) is 0 Å². The van der Waals surface area contributed by atoms with Crippen LogP contribution in [0.3, 0.4) is 0 Å². The van der Waals surface area contributed by atoms with Gasteiger partial charge in [0.25, 0.3) is 0 Å². The predicted molar refractivity (Wildman–Crippen MR) is 71.0 cm³/mol. The summed E-state index contributed by atoms with van der Waals surface area (Å²) in [5, 5.41) is 0. The van der Waals surface area contributed by atoms with Gasteiger partial charge in [0.05, 0.1) is 0 Å². The Labute approximate surface area is 95.8 Å². The summed E-state index contributed by atoms with van der Waals surface area (Å²) in [5.41, 5.74) is 2.85. The fourth-order valence-corrected chi connectivity index (χ4v) is 1.80. The van der Waals surface area contributed by atoms with Gasteiger partial charge in [-0.1, -0.05) is 50.6 Å². The van der Waals surface area contributed by atoms with Gasteiger partial charge in [0, 0.05) is 0 Å². The molecule has 0 saturated heterocycles. The van der Waals surface area contributed by atoms with Crippen molar-refractivity contribution in [3.63, 3.8) is 0 Å². The van der Waals surface area contributed by atoms with E-state index in [-0.39, 0.29) is 0 Å². The Kier molecular flexibility index (Phi) is 8.08. The molecule has 0 aromatic carbocycles. The van der Waals surface area contributed by atoms with E-state index >= 15 is 0 Å². The highest BCUT2D eigenvalue weighted by molar-refractivity contribution is 5.20. The highest BCUT2D eigenvalue weighted by atomic mass is 14.1. The van der Waals surface area contributed by atoms with Gasteiger partial charge in [-0.3, -0.25) is 0 Å². The lowest BCUT2D eigenvalue weighted by molar-refractivity contribution is 0.611. The van der Waals surface area contributed by atoms with Gasteiger partial charge in [-0.05, 0) is 44.6 Å². The van der Waals surface area contributed by atoms with Gasteiger partial charge in [-0.15, -0.1) is 0 Å². The zero-order valence-corrected chi connectivity index (χ0v) is 10.8. The van der Waals surface area contributed by atoms with E-state index in [0.29, 0.717) is 5.92 Å². The van der Waals surface area contributed by atoms with Crippen molar-refractivity contribution in [2.75, 3.05) is 0 Å². The standard InChI is InChI=1S/C15H26/c1-6-9-13(4)11-12-14(5)15(8-3)10-7-2/h7-8,10,14H,4,6,9,11-12H2,1-3,5H3. The molecular weight excluding hydrogens is 180 g/mol. The van der Waals surface area contributed by atoms with Crippen LogP contribution in [0.2, 0.25) is 0 Å². The Hall–Kier alpha value is -0.780. The first-order chi connectivity index (χ1) is 7.15. The maximum absolute atomic E-state index is 4.11. The van der Waals surface area contributed by atoms with Crippen molar-refractivity contribution in [3.8, 4) is 0 Å².